The van der Waals surface area contributed by atoms with Crippen LogP contribution in [0.4, 0.5) is 5.95 Å². The van der Waals surface area contributed by atoms with Crippen molar-refractivity contribution >= 4 is 17.8 Å². The molecule has 10 nitrogen and oxygen atoms in total. The molecule has 2 fully saturated rings. The maximum absolute atomic E-state index is 13.6. The molecule has 42 heavy (non-hydrogen) atoms. The topological polar surface area (TPSA) is 131 Å². The number of carbonyl (C=O) groups is 2. The zero-order chi connectivity index (χ0) is 29.5. The highest BCUT2D eigenvalue weighted by molar-refractivity contribution is 5.88. The van der Waals surface area contributed by atoms with Gasteiger partial charge in [0.2, 0.25) is 11.9 Å². The van der Waals surface area contributed by atoms with Crippen LogP contribution >= 0.6 is 0 Å². The first-order chi connectivity index (χ1) is 20.5. The van der Waals surface area contributed by atoms with E-state index in [2.05, 4.69) is 9.88 Å². The van der Waals surface area contributed by atoms with Crippen molar-refractivity contribution in [1.29, 1.82) is 0 Å². The number of ether oxygens (including phenoxy) is 2. The molecule has 2 aliphatic rings. The number of rotatable bonds is 11. The van der Waals surface area contributed by atoms with E-state index >= 15 is 0 Å². The fraction of sp³-hybridized carbons (Fsp3) is 0.438. The Morgan fingerprint density at radius 3 is 2.64 bits per heavy atom. The highest BCUT2D eigenvalue weighted by Crippen LogP contribution is 2.33. The Hall–Kier alpha value is -4.18. The largest absolute Gasteiger partial charge is 0.496 e. The van der Waals surface area contributed by atoms with E-state index in [1.807, 2.05) is 53.4 Å². The molecule has 2 unspecified atom stereocenters. The monoisotopic (exact) mass is 573 g/mol. The number of hydrogen-bond acceptors (Lipinski definition) is 8. The Morgan fingerprint density at radius 1 is 1.07 bits per heavy atom. The molecule has 3 N–H and O–H groups in total. The van der Waals surface area contributed by atoms with Crippen LogP contribution in [0.15, 0.2) is 54.7 Å². The van der Waals surface area contributed by atoms with Gasteiger partial charge in [-0.05, 0) is 55.4 Å². The Bertz CT molecular complexity index is 1380. The van der Waals surface area contributed by atoms with Crippen LogP contribution in [-0.2, 0) is 24.1 Å². The van der Waals surface area contributed by atoms with Crippen molar-refractivity contribution in [3.8, 4) is 11.5 Å². The Labute approximate surface area is 246 Å². The number of aromatic nitrogens is 2. The summed E-state index contributed by atoms with van der Waals surface area (Å²) in [7, 11) is 1.62. The highest BCUT2D eigenvalue weighted by Gasteiger charge is 2.40. The molecule has 2 aliphatic heterocycles. The number of amides is 1. The van der Waals surface area contributed by atoms with Crippen LogP contribution in [0.1, 0.15) is 46.4 Å². The summed E-state index contributed by atoms with van der Waals surface area (Å²) < 4.78 is 11.0. The van der Waals surface area contributed by atoms with Gasteiger partial charge in [-0.2, -0.15) is 0 Å². The standard InChI is InChI=1S/C32H39N5O5/c1-41-29-8-3-2-6-23(29)18-30(38)37-16-5-4-7-24-20-36(21-28(24)37)32-34-19-26(31(39)40)27(35-32)14-11-22-9-12-25(13-10-22)42-17-15-33/h2-3,6,8-10,12-13,19,24,28H,4-5,7,11,14-18,20-21,33H2,1H3,(H,39,40). The minimum absolute atomic E-state index is 0.0564. The maximum Gasteiger partial charge on any atom is 0.339 e. The number of carboxylic acid groups (broad SMARTS) is 1. The van der Waals surface area contributed by atoms with Gasteiger partial charge < -0.3 is 30.1 Å². The van der Waals surface area contributed by atoms with Crippen molar-refractivity contribution in [1.82, 2.24) is 14.9 Å². The van der Waals surface area contributed by atoms with Gasteiger partial charge >= 0.3 is 5.97 Å². The Morgan fingerprint density at radius 2 is 1.88 bits per heavy atom. The van der Waals surface area contributed by atoms with Crippen molar-refractivity contribution in [2.24, 2.45) is 11.7 Å². The second-order valence-electron chi connectivity index (χ2n) is 10.9. The number of anilines is 1. The van der Waals surface area contributed by atoms with Crippen molar-refractivity contribution in [3.05, 3.63) is 77.1 Å². The fourth-order valence-corrected chi connectivity index (χ4v) is 6.05. The second kappa shape index (κ2) is 13.7. The van der Waals surface area contributed by atoms with E-state index < -0.39 is 5.97 Å². The maximum atomic E-state index is 13.6. The molecule has 2 aromatic carbocycles. The number of methoxy groups -OCH3 is 1. The molecular weight excluding hydrogens is 534 g/mol. The van der Waals surface area contributed by atoms with Crippen LogP contribution in [-0.4, -0.2) is 77.8 Å². The fourth-order valence-electron chi connectivity index (χ4n) is 6.05. The third kappa shape index (κ3) is 6.82. The number of hydrogen-bond donors (Lipinski definition) is 2. The van der Waals surface area contributed by atoms with E-state index in [0.29, 0.717) is 56.5 Å². The van der Waals surface area contributed by atoms with E-state index in [4.69, 9.17) is 20.2 Å². The van der Waals surface area contributed by atoms with Gasteiger partial charge in [0.25, 0.3) is 0 Å². The number of aromatic carboxylic acids is 1. The highest BCUT2D eigenvalue weighted by atomic mass is 16.5. The molecule has 0 radical (unpaired) electrons. The van der Waals surface area contributed by atoms with Crippen LogP contribution in [0, 0.1) is 5.92 Å². The SMILES string of the molecule is COc1ccccc1CC(=O)N1CCCCC2CN(c3ncc(C(=O)O)c(CCc4ccc(OCCN)cc4)n3)CC21. The lowest BCUT2D eigenvalue weighted by atomic mass is 9.98. The first-order valence-corrected chi connectivity index (χ1v) is 14.6. The Balaban J connectivity index is 1.30. The lowest BCUT2D eigenvalue weighted by Crippen LogP contribution is -2.45. The smallest absolute Gasteiger partial charge is 0.339 e. The number of nitrogens with zero attached hydrogens (tertiary/aromatic N) is 4. The number of benzene rings is 2. The molecule has 3 heterocycles. The van der Waals surface area contributed by atoms with Gasteiger partial charge in [0.1, 0.15) is 18.1 Å². The molecule has 1 aromatic heterocycles. The summed E-state index contributed by atoms with van der Waals surface area (Å²) in [5.74, 6) is 1.36. The molecule has 0 spiro atoms. The molecular formula is C32H39N5O5. The van der Waals surface area contributed by atoms with E-state index in [9.17, 15) is 14.7 Å². The minimum Gasteiger partial charge on any atom is -0.496 e. The molecule has 1 amide bonds. The summed E-state index contributed by atoms with van der Waals surface area (Å²) >= 11 is 0. The molecule has 2 atom stereocenters. The second-order valence-corrected chi connectivity index (χ2v) is 10.9. The van der Waals surface area contributed by atoms with E-state index in [-0.39, 0.29) is 17.5 Å². The van der Waals surface area contributed by atoms with Crippen molar-refractivity contribution in [2.75, 3.05) is 44.8 Å². The molecule has 0 aliphatic carbocycles. The molecule has 3 aromatic rings. The summed E-state index contributed by atoms with van der Waals surface area (Å²) in [6, 6.07) is 15.4. The summed E-state index contributed by atoms with van der Waals surface area (Å²) in [5.41, 5.74) is 8.06. The predicted octanol–water partition coefficient (Wildman–Crippen LogP) is 3.37. The van der Waals surface area contributed by atoms with Gasteiger partial charge in [-0.1, -0.05) is 36.8 Å². The average molecular weight is 574 g/mol. The van der Waals surface area contributed by atoms with Crippen LogP contribution in [0.5, 0.6) is 11.5 Å². The van der Waals surface area contributed by atoms with Gasteiger partial charge in [-0.3, -0.25) is 4.79 Å². The number of carboxylic acids is 1. The molecule has 5 rings (SSSR count). The van der Waals surface area contributed by atoms with Crippen LogP contribution in [0.2, 0.25) is 0 Å². The number of likely N-dealkylation sites (tertiary alicyclic amines) is 1. The van der Waals surface area contributed by atoms with Crippen LogP contribution in [0.25, 0.3) is 0 Å². The first kappa shape index (κ1) is 29.3. The van der Waals surface area contributed by atoms with E-state index in [0.717, 1.165) is 55.0 Å². The molecule has 10 heteroatoms. The lowest BCUT2D eigenvalue weighted by molar-refractivity contribution is -0.132. The molecule has 0 saturated carbocycles. The van der Waals surface area contributed by atoms with Crippen molar-refractivity contribution < 1.29 is 24.2 Å². The average Bonchev–Trinajstić information content (AvgIpc) is 3.32. The van der Waals surface area contributed by atoms with Gasteiger partial charge in [0.15, 0.2) is 0 Å². The van der Waals surface area contributed by atoms with Crippen LogP contribution in [0.3, 0.4) is 0 Å². The summed E-state index contributed by atoms with van der Waals surface area (Å²) in [4.78, 5) is 39.0. The summed E-state index contributed by atoms with van der Waals surface area (Å²) in [5, 5.41) is 9.82. The predicted molar refractivity (Wildman–Crippen MR) is 159 cm³/mol. The zero-order valence-electron chi connectivity index (χ0n) is 24.1. The lowest BCUT2D eigenvalue weighted by Gasteiger charge is -2.30. The van der Waals surface area contributed by atoms with E-state index in [1.54, 1.807) is 7.11 Å². The third-order valence-electron chi connectivity index (χ3n) is 8.21. The summed E-state index contributed by atoms with van der Waals surface area (Å²) in [6.45, 7) is 2.99. The normalized spacial score (nSPS) is 18.3. The summed E-state index contributed by atoms with van der Waals surface area (Å²) in [6.07, 6.45) is 5.88. The molecule has 0 bridgehead atoms. The number of fused-ring (bicyclic) bond motifs is 1. The number of nitrogens with two attached hydrogens (primary N) is 1. The first-order valence-electron chi connectivity index (χ1n) is 14.6. The van der Waals surface area contributed by atoms with Gasteiger partial charge in [0, 0.05) is 37.9 Å². The number of aryl methyl sites for hydroxylation is 2. The quantitative estimate of drug-likeness (QED) is 0.354. The number of carbonyl (C=O) groups excluding carboxylic acids is 1. The third-order valence-corrected chi connectivity index (χ3v) is 8.21. The molecule has 2 saturated heterocycles. The van der Waals surface area contributed by atoms with Gasteiger partial charge in [-0.15, -0.1) is 0 Å². The number of para-hydroxylation sites is 1. The van der Waals surface area contributed by atoms with Gasteiger partial charge in [-0.25, -0.2) is 14.8 Å². The van der Waals surface area contributed by atoms with Crippen molar-refractivity contribution in [3.63, 3.8) is 0 Å². The van der Waals surface area contributed by atoms with Crippen molar-refractivity contribution in [2.45, 2.75) is 44.6 Å². The zero-order valence-corrected chi connectivity index (χ0v) is 24.1. The van der Waals surface area contributed by atoms with E-state index in [1.165, 1.54) is 6.20 Å². The molecule has 222 valence electrons. The van der Waals surface area contributed by atoms with Crippen LogP contribution < -0.4 is 20.1 Å². The Kier molecular flexibility index (Phi) is 9.53. The minimum atomic E-state index is -1.04. The van der Waals surface area contributed by atoms with Gasteiger partial charge in [0.05, 0.1) is 30.8 Å².